The van der Waals surface area contributed by atoms with Gasteiger partial charge in [-0.25, -0.2) is 9.13 Å². The molecule has 0 bridgehead atoms. The molecule has 0 aliphatic heterocycles. The molecule has 0 spiro atoms. The summed E-state index contributed by atoms with van der Waals surface area (Å²) in [6.45, 7) is 7.18. The molecule has 5 atom stereocenters. The molecular formula is C70H136O17P2. The van der Waals surface area contributed by atoms with Crippen LogP contribution in [0.1, 0.15) is 362 Å². The van der Waals surface area contributed by atoms with E-state index in [4.69, 9.17) is 37.0 Å². The molecule has 0 aromatic heterocycles. The maximum Gasteiger partial charge on any atom is 0.472 e. The zero-order chi connectivity index (χ0) is 65.6. The summed E-state index contributed by atoms with van der Waals surface area (Å²) in [5.41, 5.74) is 0. The Hall–Kier alpha value is -1.94. The number of esters is 4. The quantitative estimate of drug-likeness (QED) is 0.0222. The van der Waals surface area contributed by atoms with Crippen LogP contribution >= 0.6 is 15.6 Å². The fraction of sp³-hybridized carbons (Fsp3) is 0.943. The summed E-state index contributed by atoms with van der Waals surface area (Å²) >= 11 is 0. The van der Waals surface area contributed by atoms with Gasteiger partial charge in [-0.1, -0.05) is 311 Å². The lowest BCUT2D eigenvalue weighted by Crippen LogP contribution is -2.30. The Kier molecular flexibility index (Phi) is 62.1. The second-order valence-electron chi connectivity index (χ2n) is 25.7. The van der Waals surface area contributed by atoms with Crippen LogP contribution in [0.3, 0.4) is 0 Å². The number of hydrogen-bond acceptors (Lipinski definition) is 15. The lowest BCUT2D eigenvalue weighted by atomic mass is 10.0. The fourth-order valence-electron chi connectivity index (χ4n) is 10.6. The number of carbonyl (C=O) groups excluding carboxylic acids is 4. The minimum absolute atomic E-state index is 0.105. The highest BCUT2D eigenvalue weighted by Crippen LogP contribution is 2.45. The average molecular weight is 1310 g/mol. The SMILES string of the molecule is CCCCCCCCCCCCCCCCCCCC(=O)O[C@H](COC(=O)CCCCCCCCCCCCCCC)COP(=O)(O)OC[C@@H](O)COP(=O)(O)OC[C@@H](COC(=O)CCCCCCCCCC)OC(=O)CCCCCCCCCCC(C)C. The minimum atomic E-state index is -4.95. The topological polar surface area (TPSA) is 237 Å². The van der Waals surface area contributed by atoms with E-state index in [2.05, 4.69) is 34.6 Å². The second-order valence-corrected chi connectivity index (χ2v) is 28.7. The van der Waals surface area contributed by atoms with Crippen molar-refractivity contribution in [1.29, 1.82) is 0 Å². The summed E-state index contributed by atoms with van der Waals surface area (Å²) in [6, 6.07) is 0. The van der Waals surface area contributed by atoms with E-state index in [1.807, 2.05) is 0 Å². The van der Waals surface area contributed by atoms with E-state index in [-0.39, 0.29) is 25.7 Å². The van der Waals surface area contributed by atoms with Crippen LogP contribution < -0.4 is 0 Å². The maximum absolute atomic E-state index is 13.0. The zero-order valence-corrected chi connectivity index (χ0v) is 59.4. The summed E-state index contributed by atoms with van der Waals surface area (Å²) in [4.78, 5) is 72.4. The predicted octanol–water partition coefficient (Wildman–Crippen LogP) is 20.1. The van der Waals surface area contributed by atoms with E-state index in [0.717, 1.165) is 102 Å². The largest absolute Gasteiger partial charge is 0.472 e. The summed E-state index contributed by atoms with van der Waals surface area (Å²) in [6.07, 6.45) is 50.0. The van der Waals surface area contributed by atoms with E-state index in [1.54, 1.807) is 0 Å². The van der Waals surface area contributed by atoms with Gasteiger partial charge in [0.15, 0.2) is 12.2 Å². The Morgan fingerprint density at radius 3 is 0.764 bits per heavy atom. The van der Waals surface area contributed by atoms with Crippen LogP contribution in [0.4, 0.5) is 0 Å². The molecule has 0 rings (SSSR count). The number of phosphoric acid groups is 2. The Labute approximate surface area is 543 Å². The number of aliphatic hydroxyl groups excluding tert-OH is 1. The molecule has 0 saturated heterocycles. The summed E-state index contributed by atoms with van der Waals surface area (Å²) in [7, 11) is -9.89. The second kappa shape index (κ2) is 63.5. The molecule has 17 nitrogen and oxygen atoms in total. The van der Waals surface area contributed by atoms with E-state index >= 15 is 0 Å². The molecule has 19 heteroatoms. The molecule has 89 heavy (non-hydrogen) atoms. The van der Waals surface area contributed by atoms with Crippen molar-refractivity contribution in [1.82, 2.24) is 0 Å². The molecule has 0 aliphatic carbocycles. The first-order chi connectivity index (χ1) is 43.0. The number of ether oxygens (including phenoxy) is 4. The molecule has 0 heterocycles. The van der Waals surface area contributed by atoms with Gasteiger partial charge >= 0.3 is 39.5 Å². The monoisotopic (exact) mass is 1310 g/mol. The van der Waals surface area contributed by atoms with Gasteiger partial charge in [0.1, 0.15) is 19.3 Å². The van der Waals surface area contributed by atoms with Crippen molar-refractivity contribution in [3.63, 3.8) is 0 Å². The summed E-state index contributed by atoms with van der Waals surface area (Å²) < 4.78 is 68.2. The van der Waals surface area contributed by atoms with Crippen LogP contribution in [0.15, 0.2) is 0 Å². The molecule has 0 aromatic rings. The van der Waals surface area contributed by atoms with Gasteiger partial charge in [-0.2, -0.15) is 0 Å². The molecule has 3 N–H and O–H groups in total. The van der Waals surface area contributed by atoms with Gasteiger partial charge in [-0.15, -0.1) is 0 Å². The van der Waals surface area contributed by atoms with Crippen molar-refractivity contribution in [2.45, 2.75) is 380 Å². The fourth-order valence-corrected chi connectivity index (χ4v) is 12.2. The van der Waals surface area contributed by atoms with E-state index in [9.17, 15) is 43.2 Å². The average Bonchev–Trinajstić information content (AvgIpc) is 3.71. The van der Waals surface area contributed by atoms with Crippen molar-refractivity contribution in [3.8, 4) is 0 Å². The van der Waals surface area contributed by atoms with Crippen molar-refractivity contribution >= 4 is 39.5 Å². The van der Waals surface area contributed by atoms with Gasteiger partial charge in [-0.05, 0) is 31.6 Å². The Bertz CT molecular complexity index is 1720. The first kappa shape index (κ1) is 87.1. The van der Waals surface area contributed by atoms with E-state index in [1.165, 1.54) is 180 Å². The number of rotatable bonds is 70. The van der Waals surface area contributed by atoms with Crippen LogP contribution in [0.2, 0.25) is 0 Å². The standard InChI is InChI=1S/C70H136O17P2/c1-6-9-12-15-18-21-23-25-26-27-28-30-32-34-40-45-50-55-69(74)86-66(60-81-68(73)54-49-44-39-33-31-29-24-22-19-16-13-10-7-2)62-85-89(78,79)83-58-64(71)57-82-88(76,77)84-61-65(59-80-67(72)53-48-43-38-20-17-14-11-8-3)87-70(75)56-51-46-41-36-35-37-42-47-52-63(4)5/h63-66,71H,6-62H2,1-5H3,(H,76,77)(H,78,79)/t64-,65+,66+/m0/s1. The summed E-state index contributed by atoms with van der Waals surface area (Å²) in [5.74, 6) is -1.41. The van der Waals surface area contributed by atoms with Crippen molar-refractivity contribution in [3.05, 3.63) is 0 Å². The number of phosphoric ester groups is 2. The van der Waals surface area contributed by atoms with Crippen LogP contribution in [-0.2, 0) is 65.4 Å². The molecule has 0 saturated carbocycles. The highest BCUT2D eigenvalue weighted by Gasteiger charge is 2.30. The third-order valence-electron chi connectivity index (χ3n) is 16.3. The molecular weight excluding hydrogens is 1170 g/mol. The maximum atomic E-state index is 13.0. The first-order valence-corrected chi connectivity index (χ1v) is 39.6. The molecule has 0 amide bonds. The van der Waals surface area contributed by atoms with Crippen molar-refractivity contribution < 1.29 is 80.2 Å². The molecule has 2 unspecified atom stereocenters. The van der Waals surface area contributed by atoms with Gasteiger partial charge in [0.05, 0.1) is 26.4 Å². The Morgan fingerprint density at radius 2 is 0.517 bits per heavy atom. The normalized spacial score (nSPS) is 14.1. The highest BCUT2D eigenvalue weighted by molar-refractivity contribution is 7.47. The van der Waals surface area contributed by atoms with Crippen molar-refractivity contribution in [2.75, 3.05) is 39.6 Å². The van der Waals surface area contributed by atoms with Gasteiger partial charge in [0.2, 0.25) is 0 Å². The van der Waals surface area contributed by atoms with E-state index < -0.39 is 97.5 Å². The predicted molar refractivity (Wildman–Crippen MR) is 358 cm³/mol. The van der Waals surface area contributed by atoms with Gasteiger partial charge < -0.3 is 33.8 Å². The third-order valence-corrected chi connectivity index (χ3v) is 18.2. The number of aliphatic hydroxyl groups is 1. The molecule has 0 radical (unpaired) electrons. The lowest BCUT2D eigenvalue weighted by Gasteiger charge is -2.21. The van der Waals surface area contributed by atoms with Crippen LogP contribution in [-0.4, -0.2) is 96.7 Å². The highest BCUT2D eigenvalue weighted by atomic mass is 31.2. The van der Waals surface area contributed by atoms with Crippen LogP contribution in [0.25, 0.3) is 0 Å². The van der Waals surface area contributed by atoms with Gasteiger partial charge in [-0.3, -0.25) is 37.3 Å². The van der Waals surface area contributed by atoms with E-state index in [0.29, 0.717) is 25.7 Å². The summed E-state index contributed by atoms with van der Waals surface area (Å²) in [5, 5.41) is 10.6. The van der Waals surface area contributed by atoms with Crippen LogP contribution in [0, 0.1) is 5.92 Å². The molecule has 0 aromatic carbocycles. The molecule has 0 fully saturated rings. The molecule has 528 valence electrons. The Balaban J connectivity index is 5.21. The smallest absolute Gasteiger partial charge is 0.462 e. The molecule has 0 aliphatic rings. The van der Waals surface area contributed by atoms with Gasteiger partial charge in [0.25, 0.3) is 0 Å². The lowest BCUT2D eigenvalue weighted by molar-refractivity contribution is -0.161. The first-order valence-electron chi connectivity index (χ1n) is 36.6. The minimum Gasteiger partial charge on any atom is -0.462 e. The van der Waals surface area contributed by atoms with Crippen molar-refractivity contribution in [2.24, 2.45) is 5.92 Å². The number of carbonyl (C=O) groups is 4. The Morgan fingerprint density at radius 1 is 0.303 bits per heavy atom. The zero-order valence-electron chi connectivity index (χ0n) is 57.6. The third kappa shape index (κ3) is 64.6. The van der Waals surface area contributed by atoms with Gasteiger partial charge in [0, 0.05) is 25.7 Å². The number of hydrogen-bond donors (Lipinski definition) is 3. The van der Waals surface area contributed by atoms with Crippen LogP contribution in [0.5, 0.6) is 0 Å². The number of unbranched alkanes of at least 4 members (excludes halogenated alkanes) is 42.